The molecule has 1 atom stereocenters. The summed E-state index contributed by atoms with van der Waals surface area (Å²) in [6.07, 6.45) is -0.0177. The van der Waals surface area contributed by atoms with E-state index in [0.717, 1.165) is 0 Å². The van der Waals surface area contributed by atoms with Crippen LogP contribution in [0.4, 0.5) is 0 Å². The van der Waals surface area contributed by atoms with E-state index in [0.29, 0.717) is 11.5 Å². The van der Waals surface area contributed by atoms with Crippen LogP contribution in [0.5, 0.6) is 0 Å². The van der Waals surface area contributed by atoms with Crippen LogP contribution in [0.15, 0.2) is 16.5 Å². The van der Waals surface area contributed by atoms with Gasteiger partial charge in [-0.15, -0.1) is 0 Å². The van der Waals surface area contributed by atoms with E-state index < -0.39 is 11.6 Å². The third-order valence-electron chi connectivity index (χ3n) is 1.78. The first-order valence-electron chi connectivity index (χ1n) is 3.93. The fourth-order valence-electron chi connectivity index (χ4n) is 0.995. The average Bonchev–Trinajstić information content (AvgIpc) is 2.34. The van der Waals surface area contributed by atoms with Crippen molar-refractivity contribution in [3.05, 3.63) is 23.7 Å². The van der Waals surface area contributed by atoms with Crippen LogP contribution in [0.25, 0.3) is 0 Å². The van der Waals surface area contributed by atoms with Gasteiger partial charge in [0, 0.05) is 6.42 Å². The van der Waals surface area contributed by atoms with Crippen LogP contribution in [0.3, 0.4) is 0 Å². The lowest BCUT2D eigenvalue weighted by Crippen LogP contribution is -2.36. The minimum Gasteiger partial charge on any atom is -0.479 e. The second-order valence-electron chi connectivity index (χ2n) is 3.27. The molecule has 0 saturated carbocycles. The molecule has 2 N–H and O–H groups in total. The lowest BCUT2D eigenvalue weighted by molar-refractivity contribution is -0.156. The van der Waals surface area contributed by atoms with Crippen LogP contribution in [-0.2, 0) is 11.2 Å². The Morgan fingerprint density at radius 3 is 2.62 bits per heavy atom. The highest BCUT2D eigenvalue weighted by Crippen LogP contribution is 2.15. The third-order valence-corrected chi connectivity index (χ3v) is 1.78. The molecule has 1 aromatic rings. The number of carbonyl (C=O) groups is 1. The molecule has 0 radical (unpaired) electrons. The van der Waals surface area contributed by atoms with E-state index in [-0.39, 0.29) is 6.42 Å². The van der Waals surface area contributed by atoms with Gasteiger partial charge in [0.25, 0.3) is 0 Å². The van der Waals surface area contributed by atoms with Crippen LogP contribution >= 0.6 is 0 Å². The number of rotatable bonds is 3. The Morgan fingerprint density at radius 1 is 1.62 bits per heavy atom. The van der Waals surface area contributed by atoms with Crippen LogP contribution in [0.1, 0.15) is 18.4 Å². The fourth-order valence-corrected chi connectivity index (χ4v) is 0.995. The molecular weight excluding hydrogens is 172 g/mol. The zero-order valence-electron chi connectivity index (χ0n) is 7.57. The van der Waals surface area contributed by atoms with Crippen molar-refractivity contribution in [3.8, 4) is 0 Å². The Balaban J connectivity index is 2.74. The summed E-state index contributed by atoms with van der Waals surface area (Å²) in [5.41, 5.74) is -1.76. The second-order valence-corrected chi connectivity index (χ2v) is 3.27. The first kappa shape index (κ1) is 9.80. The lowest BCUT2D eigenvalue weighted by atomic mass is 10.0. The SMILES string of the molecule is Cc1ccc(CC(C)(O)C(=O)O)o1. The lowest BCUT2D eigenvalue weighted by Gasteiger charge is -2.15. The van der Waals surface area contributed by atoms with E-state index in [4.69, 9.17) is 9.52 Å². The molecule has 1 aromatic heterocycles. The Bertz CT molecular complexity index is 311. The van der Waals surface area contributed by atoms with Gasteiger partial charge in [-0.25, -0.2) is 4.79 Å². The predicted molar refractivity (Wildman–Crippen MR) is 45.4 cm³/mol. The normalized spacial score (nSPS) is 15.3. The molecule has 4 nitrogen and oxygen atoms in total. The predicted octanol–water partition coefficient (Wildman–Crippen LogP) is 0.966. The number of furan rings is 1. The molecule has 1 heterocycles. The molecule has 0 aliphatic carbocycles. The zero-order chi connectivity index (χ0) is 10.1. The molecule has 0 aromatic carbocycles. The van der Waals surface area contributed by atoms with Gasteiger partial charge >= 0.3 is 5.97 Å². The second kappa shape index (κ2) is 3.22. The molecule has 1 unspecified atom stereocenters. The van der Waals surface area contributed by atoms with Crippen molar-refractivity contribution in [2.45, 2.75) is 25.9 Å². The number of aryl methyl sites for hydroxylation is 1. The van der Waals surface area contributed by atoms with Crippen LogP contribution in [0.2, 0.25) is 0 Å². The number of hydrogen-bond acceptors (Lipinski definition) is 3. The van der Waals surface area contributed by atoms with Gasteiger partial charge in [-0.05, 0) is 26.0 Å². The van der Waals surface area contributed by atoms with Crippen LogP contribution < -0.4 is 0 Å². The molecule has 0 bridgehead atoms. The van der Waals surface area contributed by atoms with Gasteiger partial charge in [0.1, 0.15) is 11.5 Å². The topological polar surface area (TPSA) is 70.7 Å². The van der Waals surface area contributed by atoms with E-state index >= 15 is 0 Å². The van der Waals surface area contributed by atoms with Gasteiger partial charge in [-0.1, -0.05) is 0 Å². The summed E-state index contributed by atoms with van der Waals surface area (Å²) in [5.74, 6) is -0.0670. The molecule has 0 fully saturated rings. The molecular formula is C9H12O4. The first-order valence-corrected chi connectivity index (χ1v) is 3.93. The highest BCUT2D eigenvalue weighted by molar-refractivity contribution is 5.76. The molecule has 0 aliphatic rings. The number of carboxylic acid groups (broad SMARTS) is 1. The first-order chi connectivity index (χ1) is 5.92. The van der Waals surface area contributed by atoms with E-state index in [2.05, 4.69) is 0 Å². The van der Waals surface area contributed by atoms with E-state index in [9.17, 15) is 9.90 Å². The molecule has 0 amide bonds. The Kier molecular flexibility index (Phi) is 2.43. The van der Waals surface area contributed by atoms with Crippen molar-refractivity contribution in [1.82, 2.24) is 0 Å². The van der Waals surface area contributed by atoms with Crippen molar-refractivity contribution >= 4 is 5.97 Å². The average molecular weight is 184 g/mol. The van der Waals surface area contributed by atoms with Crippen LogP contribution in [-0.4, -0.2) is 21.8 Å². The van der Waals surface area contributed by atoms with Gasteiger partial charge in [0.15, 0.2) is 5.60 Å². The minimum absolute atomic E-state index is 0.0177. The third kappa shape index (κ3) is 2.32. The standard InChI is InChI=1S/C9H12O4/c1-6-3-4-7(13-6)5-9(2,12)8(10)11/h3-4,12H,5H2,1-2H3,(H,10,11). The largest absolute Gasteiger partial charge is 0.479 e. The summed E-state index contributed by atoms with van der Waals surface area (Å²) < 4.78 is 5.15. The summed E-state index contributed by atoms with van der Waals surface area (Å²) in [5, 5.41) is 18.0. The Labute approximate surface area is 75.8 Å². The monoisotopic (exact) mass is 184 g/mol. The summed E-state index contributed by atoms with van der Waals surface area (Å²) in [7, 11) is 0. The molecule has 13 heavy (non-hydrogen) atoms. The van der Waals surface area contributed by atoms with Crippen LogP contribution in [0, 0.1) is 6.92 Å². The summed E-state index contributed by atoms with van der Waals surface area (Å²) in [4.78, 5) is 10.5. The number of aliphatic carboxylic acids is 1. The number of hydrogen-bond donors (Lipinski definition) is 2. The summed E-state index contributed by atoms with van der Waals surface area (Å²) in [6, 6.07) is 3.39. The quantitative estimate of drug-likeness (QED) is 0.734. The van der Waals surface area contributed by atoms with Crippen molar-refractivity contribution in [3.63, 3.8) is 0 Å². The highest BCUT2D eigenvalue weighted by atomic mass is 16.4. The molecule has 1 rings (SSSR count). The minimum atomic E-state index is -1.76. The maximum absolute atomic E-state index is 10.5. The molecule has 0 aliphatic heterocycles. The Hall–Kier alpha value is -1.29. The van der Waals surface area contributed by atoms with Gasteiger partial charge in [0.2, 0.25) is 0 Å². The zero-order valence-corrected chi connectivity index (χ0v) is 7.57. The number of aliphatic hydroxyl groups is 1. The van der Waals surface area contributed by atoms with Crippen molar-refractivity contribution < 1.29 is 19.4 Å². The van der Waals surface area contributed by atoms with Crippen molar-refractivity contribution in [2.75, 3.05) is 0 Å². The van der Waals surface area contributed by atoms with Gasteiger partial charge in [-0.3, -0.25) is 0 Å². The van der Waals surface area contributed by atoms with E-state index in [1.165, 1.54) is 6.92 Å². The molecule has 72 valence electrons. The molecule has 4 heteroatoms. The highest BCUT2D eigenvalue weighted by Gasteiger charge is 2.31. The smallest absolute Gasteiger partial charge is 0.335 e. The number of carboxylic acids is 1. The molecule has 0 saturated heterocycles. The van der Waals surface area contributed by atoms with Crippen molar-refractivity contribution in [2.24, 2.45) is 0 Å². The summed E-state index contributed by atoms with van der Waals surface area (Å²) in [6.45, 7) is 3.01. The van der Waals surface area contributed by atoms with Crippen molar-refractivity contribution in [1.29, 1.82) is 0 Å². The molecule has 0 spiro atoms. The van der Waals surface area contributed by atoms with Gasteiger partial charge < -0.3 is 14.6 Å². The maximum Gasteiger partial charge on any atom is 0.335 e. The Morgan fingerprint density at radius 2 is 2.23 bits per heavy atom. The van der Waals surface area contributed by atoms with E-state index in [1.807, 2.05) is 0 Å². The summed E-state index contributed by atoms with van der Waals surface area (Å²) >= 11 is 0. The van der Waals surface area contributed by atoms with E-state index in [1.54, 1.807) is 19.1 Å². The van der Waals surface area contributed by atoms with Gasteiger partial charge in [-0.2, -0.15) is 0 Å². The van der Waals surface area contributed by atoms with Gasteiger partial charge in [0.05, 0.1) is 0 Å². The fraction of sp³-hybridized carbons (Fsp3) is 0.444. The maximum atomic E-state index is 10.5.